The molecule has 31 heteroatoms. The summed E-state index contributed by atoms with van der Waals surface area (Å²) in [4.78, 5) is 67.2. The van der Waals surface area contributed by atoms with Crippen LogP contribution in [0.15, 0.2) is 132 Å². The van der Waals surface area contributed by atoms with E-state index in [-0.39, 0.29) is 28.2 Å². The summed E-state index contributed by atoms with van der Waals surface area (Å²) >= 11 is 9.53. The van der Waals surface area contributed by atoms with E-state index in [9.17, 15) is 44.7 Å². The molecule has 2 fully saturated rings. The number of ether oxygens (including phenoxy) is 1. The maximum Gasteiger partial charge on any atom is 0.490 e. The first-order valence-electron chi connectivity index (χ1n) is 33.7. The smallest absolute Gasteiger partial charge is 0.480 e. The lowest BCUT2D eigenvalue weighted by Gasteiger charge is -2.34. The zero-order chi connectivity index (χ0) is 73.4. The van der Waals surface area contributed by atoms with E-state index in [4.69, 9.17) is 47.8 Å². The Balaban J connectivity index is 0.000000210. The molecule has 546 valence electrons. The molecule has 102 heavy (non-hydrogen) atoms. The number of hydrogen-bond acceptors (Lipinski definition) is 20. The number of sulfonamides is 2. The number of aryl methyl sites for hydroxylation is 2. The zero-order valence-electron chi connectivity index (χ0n) is 57.2. The molecule has 0 amide bonds. The molecule has 8 heterocycles. The van der Waals surface area contributed by atoms with E-state index in [1.807, 2.05) is 50.2 Å². The Morgan fingerprint density at radius 2 is 0.990 bits per heavy atom. The number of nitrogens with zero attached hydrogens (tertiary/aromatic N) is 8. The van der Waals surface area contributed by atoms with E-state index in [2.05, 4.69) is 84.7 Å². The van der Waals surface area contributed by atoms with Crippen molar-refractivity contribution >= 4 is 118 Å². The van der Waals surface area contributed by atoms with Gasteiger partial charge in [0.1, 0.15) is 65.2 Å². The van der Waals surface area contributed by atoms with Crippen LogP contribution in [-0.2, 0) is 64.9 Å². The Morgan fingerprint density at radius 1 is 0.598 bits per heavy atom. The van der Waals surface area contributed by atoms with E-state index in [0.717, 1.165) is 147 Å². The molecule has 4 aliphatic rings. The van der Waals surface area contributed by atoms with Gasteiger partial charge in [-0.3, -0.25) is 9.59 Å². The number of pyridine rings is 2. The number of carboxylic acids is 2. The van der Waals surface area contributed by atoms with Crippen molar-refractivity contribution in [1.29, 1.82) is 0 Å². The van der Waals surface area contributed by atoms with Crippen LogP contribution in [0.25, 0.3) is 21.5 Å². The summed E-state index contributed by atoms with van der Waals surface area (Å²) in [5.41, 5.74) is 5.82. The Bertz CT molecular complexity index is 4460. The maximum absolute atomic E-state index is 13.7. The summed E-state index contributed by atoms with van der Waals surface area (Å²) in [5, 5.41) is 33.1. The third-order valence-corrected chi connectivity index (χ3v) is 20.7. The highest BCUT2D eigenvalue weighted by Crippen LogP contribution is 2.37. The highest BCUT2D eigenvalue weighted by atomic mass is 35.5. The van der Waals surface area contributed by atoms with E-state index in [1.165, 1.54) is 35.9 Å². The molecule has 24 nitrogen and oxygen atoms in total. The van der Waals surface area contributed by atoms with Crippen LogP contribution in [0, 0.1) is 0 Å². The largest absolute Gasteiger partial charge is 0.490 e. The molecule has 2 saturated heterocycles. The lowest BCUT2D eigenvalue weighted by Crippen LogP contribution is -2.48. The van der Waals surface area contributed by atoms with Crippen LogP contribution in [0.2, 0.25) is 0 Å². The minimum Gasteiger partial charge on any atom is -0.480 e. The number of carboxylic acid groups (broad SMARTS) is 2. The van der Waals surface area contributed by atoms with Crippen LogP contribution < -0.4 is 40.5 Å². The molecule has 12 rings (SSSR count). The van der Waals surface area contributed by atoms with Crippen molar-refractivity contribution < 1.29 is 59.3 Å². The second-order valence-corrected chi connectivity index (χ2v) is 29.8. The molecule has 4 aromatic carbocycles. The van der Waals surface area contributed by atoms with E-state index in [0.29, 0.717) is 47.1 Å². The molecule has 0 saturated carbocycles. The highest BCUT2D eigenvalue weighted by Gasteiger charge is 2.39. The van der Waals surface area contributed by atoms with Crippen molar-refractivity contribution in [2.75, 3.05) is 88.8 Å². The summed E-state index contributed by atoms with van der Waals surface area (Å²) in [6, 6.07) is 30.5. The number of fused-ring (bicyclic) bond motifs is 4. The SMILES string of the molecule is CCc1c(NC[C@H](NS(=O)(=O)c2cccc3ccccc23)C(=O)O)ncnc1N1CCC(c2ccc3c(n2)NCCC3)CC1.CCc1c(NC[C@H](NS(=O)(=O)c2cccc3ccccc23)C(=O)OC(C)(C)C)ncnc1N1CCC(c2ccc3c(n2)NCCC3)CC1.ClCCl.O=C(O)C(F)(F)F. The van der Waals surface area contributed by atoms with Crippen LogP contribution in [0.5, 0.6) is 0 Å². The number of alkyl halides is 5. The summed E-state index contributed by atoms with van der Waals surface area (Å²) in [6.07, 6.45) is 7.40. The topological polar surface area (TPSA) is 325 Å². The van der Waals surface area contributed by atoms with Crippen molar-refractivity contribution in [3.05, 3.63) is 155 Å². The van der Waals surface area contributed by atoms with Gasteiger partial charge in [0, 0.05) is 97.5 Å². The molecule has 0 bridgehead atoms. The molecule has 0 aliphatic carbocycles. The number of aliphatic carboxylic acids is 2. The molecule has 0 radical (unpaired) electrons. The molecular formula is C71H85Cl2F3N14O10S2. The summed E-state index contributed by atoms with van der Waals surface area (Å²) in [6.45, 7) is 14.2. The van der Waals surface area contributed by atoms with Gasteiger partial charge in [0.05, 0.1) is 15.1 Å². The van der Waals surface area contributed by atoms with Gasteiger partial charge in [-0.05, 0) is 131 Å². The molecule has 0 spiro atoms. The third-order valence-electron chi connectivity index (χ3n) is 17.7. The number of carbonyl (C=O) groups excluding carboxylic acids is 1. The van der Waals surface area contributed by atoms with Crippen molar-refractivity contribution in [1.82, 2.24) is 39.3 Å². The van der Waals surface area contributed by atoms with E-state index in [1.54, 1.807) is 57.2 Å². The van der Waals surface area contributed by atoms with Gasteiger partial charge >= 0.3 is 24.1 Å². The van der Waals surface area contributed by atoms with Gasteiger partial charge in [0.25, 0.3) is 0 Å². The second-order valence-electron chi connectivity index (χ2n) is 25.7. The second kappa shape index (κ2) is 35.0. The van der Waals surface area contributed by atoms with Gasteiger partial charge in [-0.1, -0.05) is 98.8 Å². The van der Waals surface area contributed by atoms with E-state index >= 15 is 0 Å². The van der Waals surface area contributed by atoms with Crippen LogP contribution in [0.3, 0.4) is 0 Å². The number of piperidine rings is 2. The number of halogens is 5. The summed E-state index contributed by atoms with van der Waals surface area (Å²) in [5.74, 6) is 0.793. The van der Waals surface area contributed by atoms with Gasteiger partial charge in [0.15, 0.2) is 0 Å². The number of nitrogens with one attached hydrogen (secondary N) is 6. The number of carbonyl (C=O) groups is 3. The van der Waals surface area contributed by atoms with Gasteiger partial charge < -0.3 is 46.0 Å². The van der Waals surface area contributed by atoms with Crippen molar-refractivity contribution in [2.45, 2.75) is 144 Å². The number of esters is 1. The van der Waals surface area contributed by atoms with Crippen molar-refractivity contribution in [3.8, 4) is 0 Å². The first kappa shape index (κ1) is 77.4. The summed E-state index contributed by atoms with van der Waals surface area (Å²) < 4.78 is 96.5. The summed E-state index contributed by atoms with van der Waals surface area (Å²) in [7, 11) is -8.24. The molecule has 4 aliphatic heterocycles. The Kier molecular flexibility index (Phi) is 26.5. The number of hydrogen-bond donors (Lipinski definition) is 8. The number of benzene rings is 4. The van der Waals surface area contributed by atoms with Gasteiger partial charge in [-0.25, -0.2) is 51.5 Å². The Labute approximate surface area is 601 Å². The quantitative estimate of drug-likeness (QED) is 0.0260. The van der Waals surface area contributed by atoms with Gasteiger partial charge in [-0.15, -0.1) is 23.2 Å². The lowest BCUT2D eigenvalue weighted by atomic mass is 9.92. The first-order valence-corrected chi connectivity index (χ1v) is 37.8. The van der Waals surface area contributed by atoms with Crippen LogP contribution in [0.4, 0.5) is 48.1 Å². The molecule has 2 atom stereocenters. The fraction of sp³-hybridized carbons (Fsp3) is 0.423. The average molecular weight is 1490 g/mol. The van der Waals surface area contributed by atoms with Gasteiger partial charge in [0.2, 0.25) is 20.0 Å². The molecule has 0 unspecified atom stereocenters. The lowest BCUT2D eigenvalue weighted by molar-refractivity contribution is -0.192. The van der Waals surface area contributed by atoms with Crippen LogP contribution >= 0.6 is 23.2 Å². The zero-order valence-corrected chi connectivity index (χ0v) is 60.4. The molecule has 8 N–H and O–H groups in total. The van der Waals surface area contributed by atoms with Crippen molar-refractivity contribution in [3.63, 3.8) is 0 Å². The highest BCUT2D eigenvalue weighted by molar-refractivity contribution is 7.90. The first-order chi connectivity index (χ1) is 48.7. The minimum atomic E-state index is -5.08. The van der Waals surface area contributed by atoms with Crippen LogP contribution in [0.1, 0.15) is 119 Å². The minimum absolute atomic E-state index is 0.0330. The third kappa shape index (κ3) is 20.1. The molecule has 4 aromatic heterocycles. The number of rotatable bonds is 20. The normalized spacial score (nSPS) is 15.6. The van der Waals surface area contributed by atoms with Gasteiger partial charge in [-0.2, -0.15) is 22.6 Å². The number of aromatic nitrogens is 6. The van der Waals surface area contributed by atoms with E-state index < -0.39 is 61.8 Å². The predicted molar refractivity (Wildman–Crippen MR) is 390 cm³/mol. The maximum atomic E-state index is 13.7. The Hall–Kier alpha value is -8.74. The fourth-order valence-electron chi connectivity index (χ4n) is 12.7. The monoisotopic (exact) mass is 1480 g/mol. The fourth-order valence-corrected chi connectivity index (χ4v) is 15.5. The standard InChI is InChI=1S/C36H45N7O4S.C32H37N7O4S.C2HF3O2.CH2Cl2/c1-5-27-33(39-23-40-34(27)43-20-17-25(18-21-43)29-16-15-26-12-9-19-37-32(26)41-29)38-22-30(35(44)47-36(2,3)4)42-48(45,46)31-14-8-11-24-10-6-7-13-28(24)31;1-2-24-30(34-19-27(32(40)41)38-44(42,43)28-11-5-8-21-7-3-4-10-25(21)28)35-20-36-31(24)39-17-14-22(15-18-39)26-13-12-23-9-6-16-33-29(23)37-26;3-2(4,5)1(6)7;2-1-3/h6-8,10-11,13-16,23,25,30,42H,5,9,12,17-22H2,1-4H3,(H,37,41)(H,38,39,40);3-5,7-8,10-13,20,22,27,38H,2,6,9,14-19H2,1H3,(H,33,37)(H,40,41)(H,34,35,36);(H,6,7);1H2/t30-;27-;;/m00../s1. The predicted octanol–water partition coefficient (Wildman–Crippen LogP) is 11.7. The van der Waals surface area contributed by atoms with Crippen LogP contribution in [-0.4, -0.2) is 156 Å². The molecule has 8 aromatic rings. The molecular weight excluding hydrogens is 1400 g/mol. The number of anilines is 6. The average Bonchev–Trinajstić information content (AvgIpc) is 0.801. The van der Waals surface area contributed by atoms with Crippen molar-refractivity contribution in [2.24, 2.45) is 0 Å². The Morgan fingerprint density at radius 3 is 1.38 bits per heavy atom.